The third-order valence-corrected chi connectivity index (χ3v) is 4.29. The first kappa shape index (κ1) is 22.3. The van der Waals surface area contributed by atoms with Crippen molar-refractivity contribution in [2.24, 2.45) is 4.99 Å². The molecule has 5 nitrogen and oxygen atoms in total. The smallest absolute Gasteiger partial charge is 0.191 e. The number of rotatable bonds is 10. The third kappa shape index (κ3) is 10.1. The number of nitrogens with zero attached hydrogens (tertiary/aromatic N) is 1. The molecule has 0 aromatic carbocycles. The van der Waals surface area contributed by atoms with Crippen molar-refractivity contribution in [3.63, 3.8) is 0 Å². The molecule has 1 saturated heterocycles. The summed E-state index contributed by atoms with van der Waals surface area (Å²) in [4.78, 5) is 4.71. The maximum Gasteiger partial charge on any atom is 0.191 e. The second-order valence-corrected chi connectivity index (χ2v) is 6.40. The summed E-state index contributed by atoms with van der Waals surface area (Å²) in [5.41, 5.74) is 0. The summed E-state index contributed by atoms with van der Waals surface area (Å²) in [6.07, 6.45) is 11.4. The molecule has 2 heterocycles. The maximum atomic E-state index is 5.78. The van der Waals surface area contributed by atoms with E-state index in [1.807, 2.05) is 12.1 Å². The van der Waals surface area contributed by atoms with Crippen LogP contribution in [0.3, 0.4) is 0 Å². The van der Waals surface area contributed by atoms with Crippen molar-refractivity contribution >= 4 is 29.9 Å². The molecule has 0 spiro atoms. The molecule has 144 valence electrons. The summed E-state index contributed by atoms with van der Waals surface area (Å²) in [6.45, 7) is 5.78. The SMILES string of the molecule is CCCCNC(=NCCCC1CCCCO1)NCCc1ccco1.I. The molecule has 1 aliphatic heterocycles. The van der Waals surface area contributed by atoms with Crippen LogP contribution < -0.4 is 10.6 Å². The lowest BCUT2D eigenvalue weighted by molar-refractivity contribution is 0.0105. The number of guanidine groups is 1. The fraction of sp³-hybridized carbons (Fsp3) is 0.737. The highest BCUT2D eigenvalue weighted by Crippen LogP contribution is 2.16. The summed E-state index contributed by atoms with van der Waals surface area (Å²) >= 11 is 0. The van der Waals surface area contributed by atoms with Gasteiger partial charge in [-0.25, -0.2) is 0 Å². The normalized spacial score (nSPS) is 17.8. The molecule has 1 unspecified atom stereocenters. The number of aliphatic imine (C=N–C) groups is 1. The number of hydrogen-bond acceptors (Lipinski definition) is 3. The van der Waals surface area contributed by atoms with Gasteiger partial charge in [-0.1, -0.05) is 13.3 Å². The largest absolute Gasteiger partial charge is 0.469 e. The Balaban J connectivity index is 0.00000312. The first-order valence-corrected chi connectivity index (χ1v) is 9.54. The molecule has 0 amide bonds. The van der Waals surface area contributed by atoms with Gasteiger partial charge in [-0.3, -0.25) is 4.99 Å². The minimum absolute atomic E-state index is 0. The van der Waals surface area contributed by atoms with E-state index in [1.54, 1.807) is 6.26 Å². The van der Waals surface area contributed by atoms with Gasteiger partial charge in [0, 0.05) is 32.7 Å². The number of unbranched alkanes of at least 4 members (excludes halogenated alkanes) is 1. The number of nitrogens with one attached hydrogen (secondary N) is 2. The molecule has 6 heteroatoms. The van der Waals surface area contributed by atoms with Gasteiger partial charge >= 0.3 is 0 Å². The van der Waals surface area contributed by atoms with Crippen LogP contribution in [0, 0.1) is 0 Å². The molecule has 25 heavy (non-hydrogen) atoms. The summed E-state index contributed by atoms with van der Waals surface area (Å²) in [6, 6.07) is 3.93. The van der Waals surface area contributed by atoms with E-state index in [-0.39, 0.29) is 24.0 Å². The molecule has 1 fully saturated rings. The molecule has 1 aromatic heterocycles. The molecule has 0 aliphatic carbocycles. The minimum Gasteiger partial charge on any atom is -0.469 e. The zero-order chi connectivity index (χ0) is 16.9. The molecular weight excluding hydrogens is 429 g/mol. The van der Waals surface area contributed by atoms with Crippen molar-refractivity contribution in [1.82, 2.24) is 10.6 Å². The Morgan fingerprint density at radius 1 is 1.24 bits per heavy atom. The van der Waals surface area contributed by atoms with Crippen molar-refractivity contribution in [3.8, 4) is 0 Å². The van der Waals surface area contributed by atoms with Crippen LogP contribution >= 0.6 is 24.0 Å². The average Bonchev–Trinajstić information content (AvgIpc) is 3.13. The Morgan fingerprint density at radius 3 is 2.84 bits per heavy atom. The minimum atomic E-state index is 0. The summed E-state index contributed by atoms with van der Waals surface area (Å²) in [5, 5.41) is 6.82. The van der Waals surface area contributed by atoms with Gasteiger partial charge in [-0.2, -0.15) is 0 Å². The molecular formula is C19H34IN3O2. The highest BCUT2D eigenvalue weighted by Gasteiger charge is 2.12. The number of furan rings is 1. The Kier molecular flexibility index (Phi) is 12.8. The highest BCUT2D eigenvalue weighted by atomic mass is 127. The fourth-order valence-corrected chi connectivity index (χ4v) is 2.86. The molecule has 0 radical (unpaired) electrons. The monoisotopic (exact) mass is 463 g/mol. The Hall–Kier alpha value is -0.760. The lowest BCUT2D eigenvalue weighted by atomic mass is 10.1. The molecule has 1 aromatic rings. The van der Waals surface area contributed by atoms with Crippen LogP contribution in [0.2, 0.25) is 0 Å². The van der Waals surface area contributed by atoms with Crippen LogP contribution in [0.1, 0.15) is 57.6 Å². The van der Waals surface area contributed by atoms with Crippen LogP contribution in [0.4, 0.5) is 0 Å². The van der Waals surface area contributed by atoms with Gasteiger partial charge in [0.1, 0.15) is 5.76 Å². The van der Waals surface area contributed by atoms with Crippen molar-refractivity contribution in [1.29, 1.82) is 0 Å². The lowest BCUT2D eigenvalue weighted by Gasteiger charge is -2.22. The molecule has 2 rings (SSSR count). The van der Waals surface area contributed by atoms with Crippen LogP contribution in [-0.4, -0.2) is 38.3 Å². The third-order valence-electron chi connectivity index (χ3n) is 4.29. The zero-order valence-corrected chi connectivity index (χ0v) is 17.8. The second kappa shape index (κ2) is 14.4. The van der Waals surface area contributed by atoms with Crippen LogP contribution in [-0.2, 0) is 11.2 Å². The van der Waals surface area contributed by atoms with Gasteiger partial charge in [0.2, 0.25) is 0 Å². The quantitative estimate of drug-likeness (QED) is 0.237. The molecule has 2 N–H and O–H groups in total. The van der Waals surface area contributed by atoms with E-state index in [0.29, 0.717) is 6.10 Å². The van der Waals surface area contributed by atoms with Gasteiger partial charge in [-0.05, 0) is 50.7 Å². The number of hydrogen-bond donors (Lipinski definition) is 2. The molecule has 1 aliphatic rings. The first-order chi connectivity index (χ1) is 11.9. The summed E-state index contributed by atoms with van der Waals surface area (Å²) < 4.78 is 11.1. The van der Waals surface area contributed by atoms with Gasteiger partial charge in [0.15, 0.2) is 5.96 Å². The van der Waals surface area contributed by atoms with Gasteiger partial charge in [-0.15, -0.1) is 24.0 Å². The number of ether oxygens (including phenoxy) is 1. The van der Waals surface area contributed by atoms with Gasteiger partial charge in [0.05, 0.1) is 12.4 Å². The summed E-state index contributed by atoms with van der Waals surface area (Å²) in [5.74, 6) is 1.92. The Labute approximate surface area is 169 Å². The van der Waals surface area contributed by atoms with Crippen LogP contribution in [0.15, 0.2) is 27.8 Å². The van der Waals surface area contributed by atoms with Gasteiger partial charge < -0.3 is 19.8 Å². The van der Waals surface area contributed by atoms with E-state index < -0.39 is 0 Å². The second-order valence-electron chi connectivity index (χ2n) is 6.40. The first-order valence-electron chi connectivity index (χ1n) is 9.54. The van der Waals surface area contributed by atoms with E-state index in [9.17, 15) is 0 Å². The predicted octanol–water partition coefficient (Wildman–Crippen LogP) is 4.12. The molecule has 0 saturated carbocycles. The molecule has 0 bridgehead atoms. The van der Waals surface area contributed by atoms with E-state index in [2.05, 4.69) is 17.6 Å². The number of halogens is 1. The predicted molar refractivity (Wildman–Crippen MR) is 114 cm³/mol. The molecule has 1 atom stereocenters. The van der Waals surface area contributed by atoms with Crippen LogP contribution in [0.5, 0.6) is 0 Å². The van der Waals surface area contributed by atoms with Crippen molar-refractivity contribution in [3.05, 3.63) is 24.2 Å². The topological polar surface area (TPSA) is 58.8 Å². The maximum absolute atomic E-state index is 5.78. The van der Waals surface area contributed by atoms with E-state index in [1.165, 1.54) is 25.7 Å². The Bertz CT molecular complexity index is 446. The van der Waals surface area contributed by atoms with E-state index >= 15 is 0 Å². The van der Waals surface area contributed by atoms with E-state index in [0.717, 1.165) is 63.6 Å². The van der Waals surface area contributed by atoms with Crippen molar-refractivity contribution in [2.75, 3.05) is 26.2 Å². The van der Waals surface area contributed by atoms with Crippen molar-refractivity contribution < 1.29 is 9.15 Å². The average molecular weight is 463 g/mol. The van der Waals surface area contributed by atoms with Crippen molar-refractivity contribution in [2.45, 2.75) is 64.4 Å². The van der Waals surface area contributed by atoms with E-state index in [4.69, 9.17) is 14.1 Å². The summed E-state index contributed by atoms with van der Waals surface area (Å²) in [7, 11) is 0. The highest BCUT2D eigenvalue weighted by molar-refractivity contribution is 14.0. The Morgan fingerprint density at radius 2 is 2.12 bits per heavy atom. The van der Waals surface area contributed by atoms with Gasteiger partial charge in [0.25, 0.3) is 0 Å². The zero-order valence-electron chi connectivity index (χ0n) is 15.5. The van der Waals surface area contributed by atoms with Crippen LogP contribution in [0.25, 0.3) is 0 Å². The standard InChI is InChI=1S/C19H33N3O2.HI/c1-2-3-12-20-19(22-14-11-18-10-7-16-24-18)21-13-6-9-17-8-4-5-15-23-17;/h7,10,16-17H,2-6,8-9,11-15H2,1H3,(H2,20,21,22);1H. The fourth-order valence-electron chi connectivity index (χ4n) is 2.86. The lowest BCUT2D eigenvalue weighted by Crippen LogP contribution is -2.39.